The first-order valence-corrected chi connectivity index (χ1v) is 10.3. The maximum absolute atomic E-state index is 13.0. The molecule has 0 radical (unpaired) electrons. The summed E-state index contributed by atoms with van der Waals surface area (Å²) in [4.78, 5) is 23.5. The van der Waals surface area contributed by atoms with Gasteiger partial charge >= 0.3 is 6.03 Å². The number of pyridine rings is 1. The molecule has 2 aromatic heterocycles. The lowest BCUT2D eigenvalue weighted by atomic mass is 10.0. The lowest BCUT2D eigenvalue weighted by Crippen LogP contribution is -2.39. The lowest BCUT2D eigenvalue weighted by molar-refractivity contribution is 0.191. The van der Waals surface area contributed by atoms with Crippen LogP contribution in [0, 0.1) is 6.92 Å². The van der Waals surface area contributed by atoms with E-state index < -0.39 is 0 Å². The molecule has 0 spiro atoms. The van der Waals surface area contributed by atoms with Crippen LogP contribution in [0.25, 0.3) is 5.82 Å². The van der Waals surface area contributed by atoms with Crippen molar-refractivity contribution in [2.24, 2.45) is 0 Å². The summed E-state index contributed by atoms with van der Waals surface area (Å²) >= 11 is 0. The van der Waals surface area contributed by atoms with E-state index in [1.54, 1.807) is 26.6 Å². The maximum Gasteiger partial charge on any atom is 0.318 e. The third-order valence-electron chi connectivity index (χ3n) is 5.64. The summed E-state index contributed by atoms with van der Waals surface area (Å²) in [6.45, 7) is 3.06. The van der Waals surface area contributed by atoms with E-state index in [0.29, 0.717) is 13.1 Å². The van der Waals surface area contributed by atoms with Gasteiger partial charge in [-0.25, -0.2) is 14.8 Å². The van der Waals surface area contributed by atoms with Gasteiger partial charge < -0.3 is 19.7 Å². The SMILES string of the molecule is COc1ccc(C2CCCN2C(=O)NCc2ccnc(-n3ccnc3C)c2)c(OC)c1. The fourth-order valence-corrected chi connectivity index (χ4v) is 4.03. The molecule has 8 nitrogen and oxygen atoms in total. The van der Waals surface area contributed by atoms with Gasteiger partial charge in [0.05, 0.1) is 20.3 Å². The second kappa shape index (κ2) is 9.07. The zero-order chi connectivity index (χ0) is 21.8. The van der Waals surface area contributed by atoms with Gasteiger partial charge in [0.2, 0.25) is 0 Å². The molecule has 4 rings (SSSR count). The Labute approximate surface area is 181 Å². The Hall–Kier alpha value is -3.55. The van der Waals surface area contributed by atoms with E-state index in [1.165, 1.54) is 0 Å². The van der Waals surface area contributed by atoms with E-state index in [1.807, 2.05) is 52.9 Å². The smallest absolute Gasteiger partial charge is 0.318 e. The molecule has 3 aromatic rings. The van der Waals surface area contributed by atoms with Crippen LogP contribution in [0.15, 0.2) is 48.9 Å². The molecule has 0 bridgehead atoms. The summed E-state index contributed by atoms with van der Waals surface area (Å²) in [5.74, 6) is 3.11. The number of imidazole rings is 1. The first-order chi connectivity index (χ1) is 15.1. The molecule has 0 saturated carbocycles. The predicted octanol–water partition coefficient (Wildman–Crippen LogP) is 3.64. The van der Waals surface area contributed by atoms with Crippen LogP contribution < -0.4 is 14.8 Å². The van der Waals surface area contributed by atoms with Gasteiger partial charge in [0.15, 0.2) is 0 Å². The normalized spacial score (nSPS) is 15.7. The third-order valence-corrected chi connectivity index (χ3v) is 5.64. The van der Waals surface area contributed by atoms with Gasteiger partial charge in [-0.3, -0.25) is 4.57 Å². The molecular formula is C23H27N5O3. The number of aryl methyl sites for hydroxylation is 1. The van der Waals surface area contributed by atoms with Crippen LogP contribution in [0.3, 0.4) is 0 Å². The van der Waals surface area contributed by atoms with Gasteiger partial charge in [0, 0.05) is 43.3 Å². The minimum atomic E-state index is -0.0856. The molecule has 1 N–H and O–H groups in total. The highest BCUT2D eigenvalue weighted by molar-refractivity contribution is 5.75. The Kier molecular flexibility index (Phi) is 6.06. The number of amides is 2. The molecule has 1 unspecified atom stereocenters. The van der Waals surface area contributed by atoms with Crippen molar-refractivity contribution in [2.45, 2.75) is 32.4 Å². The Morgan fingerprint density at radius 2 is 2.03 bits per heavy atom. The topological polar surface area (TPSA) is 81.5 Å². The first-order valence-electron chi connectivity index (χ1n) is 10.3. The quantitative estimate of drug-likeness (QED) is 0.657. The number of benzene rings is 1. The minimum Gasteiger partial charge on any atom is -0.497 e. The molecular weight excluding hydrogens is 394 g/mol. The van der Waals surface area contributed by atoms with E-state index >= 15 is 0 Å². The molecule has 162 valence electrons. The minimum absolute atomic E-state index is 0.0255. The van der Waals surface area contributed by atoms with E-state index in [4.69, 9.17) is 9.47 Å². The number of carbonyl (C=O) groups excluding carboxylic acids is 1. The van der Waals surface area contributed by atoms with Crippen LogP contribution in [0.2, 0.25) is 0 Å². The molecule has 1 aliphatic heterocycles. The highest BCUT2D eigenvalue weighted by Crippen LogP contribution is 2.38. The van der Waals surface area contributed by atoms with E-state index in [-0.39, 0.29) is 12.1 Å². The number of hydrogen-bond donors (Lipinski definition) is 1. The maximum atomic E-state index is 13.0. The highest BCUT2D eigenvalue weighted by atomic mass is 16.5. The molecule has 2 amide bonds. The molecule has 1 aliphatic rings. The molecule has 1 saturated heterocycles. The zero-order valence-corrected chi connectivity index (χ0v) is 18.0. The number of nitrogens with one attached hydrogen (secondary N) is 1. The van der Waals surface area contributed by atoms with Crippen LogP contribution in [0.5, 0.6) is 11.5 Å². The van der Waals surface area contributed by atoms with Gasteiger partial charge in [0.25, 0.3) is 0 Å². The third kappa shape index (κ3) is 4.33. The van der Waals surface area contributed by atoms with Crippen LogP contribution in [-0.2, 0) is 6.54 Å². The summed E-state index contributed by atoms with van der Waals surface area (Å²) in [7, 11) is 3.27. The molecule has 8 heteroatoms. The number of ether oxygens (including phenoxy) is 2. The van der Waals surface area contributed by atoms with E-state index in [9.17, 15) is 4.79 Å². The van der Waals surface area contributed by atoms with Gasteiger partial charge in [0.1, 0.15) is 23.1 Å². The summed E-state index contributed by atoms with van der Waals surface area (Å²) in [5, 5.41) is 3.06. The number of rotatable bonds is 6. The Morgan fingerprint density at radius 3 is 2.77 bits per heavy atom. The van der Waals surface area contributed by atoms with Gasteiger partial charge in [-0.15, -0.1) is 0 Å². The van der Waals surface area contributed by atoms with Crippen LogP contribution in [-0.4, -0.2) is 46.2 Å². The van der Waals surface area contributed by atoms with Crippen molar-refractivity contribution in [1.82, 2.24) is 24.8 Å². The van der Waals surface area contributed by atoms with Crippen molar-refractivity contribution in [2.75, 3.05) is 20.8 Å². The first kappa shape index (κ1) is 20.7. The molecule has 3 heterocycles. The second-order valence-corrected chi connectivity index (χ2v) is 7.48. The van der Waals surface area contributed by atoms with E-state index in [2.05, 4.69) is 15.3 Å². The number of hydrogen-bond acceptors (Lipinski definition) is 5. The monoisotopic (exact) mass is 421 g/mol. The Morgan fingerprint density at radius 1 is 1.16 bits per heavy atom. The van der Waals surface area contributed by atoms with Crippen LogP contribution in [0.4, 0.5) is 4.79 Å². The fraction of sp³-hybridized carbons (Fsp3) is 0.348. The van der Waals surface area contributed by atoms with Crippen molar-refractivity contribution < 1.29 is 14.3 Å². The van der Waals surface area contributed by atoms with Crippen molar-refractivity contribution in [3.8, 4) is 17.3 Å². The summed E-state index contributed by atoms with van der Waals surface area (Å²) in [6, 6.07) is 9.51. The van der Waals surface area contributed by atoms with Gasteiger partial charge in [-0.05, 0) is 49.6 Å². The zero-order valence-electron chi connectivity index (χ0n) is 18.0. The fourth-order valence-electron chi connectivity index (χ4n) is 4.03. The molecule has 1 fully saturated rings. The molecule has 0 aliphatic carbocycles. The number of carbonyl (C=O) groups is 1. The van der Waals surface area contributed by atoms with Gasteiger partial charge in [-0.1, -0.05) is 0 Å². The predicted molar refractivity (Wildman–Crippen MR) is 117 cm³/mol. The molecule has 1 atom stereocenters. The molecule has 1 aromatic carbocycles. The largest absolute Gasteiger partial charge is 0.497 e. The van der Waals surface area contributed by atoms with Crippen molar-refractivity contribution in [3.63, 3.8) is 0 Å². The van der Waals surface area contributed by atoms with Gasteiger partial charge in [-0.2, -0.15) is 0 Å². The van der Waals surface area contributed by atoms with Crippen LogP contribution >= 0.6 is 0 Å². The summed E-state index contributed by atoms with van der Waals surface area (Å²) < 4.78 is 12.8. The standard InChI is InChI=1S/C23H27N5O3/c1-16-24-10-12-27(16)22-13-17(8-9-25-22)15-26-23(29)28-11-4-5-20(28)19-7-6-18(30-2)14-21(19)31-3/h6-10,12-14,20H,4-5,11,15H2,1-3H3,(H,26,29). The van der Waals surface area contributed by atoms with Crippen LogP contribution in [0.1, 0.15) is 35.8 Å². The number of likely N-dealkylation sites (tertiary alicyclic amines) is 1. The summed E-state index contributed by atoms with van der Waals surface area (Å²) in [5.41, 5.74) is 1.97. The Balaban J connectivity index is 1.46. The second-order valence-electron chi connectivity index (χ2n) is 7.48. The van der Waals surface area contributed by atoms with Crippen molar-refractivity contribution in [1.29, 1.82) is 0 Å². The van der Waals surface area contributed by atoms with Crippen molar-refractivity contribution in [3.05, 3.63) is 65.9 Å². The average molecular weight is 422 g/mol. The van der Waals surface area contributed by atoms with E-state index in [0.717, 1.165) is 47.1 Å². The number of nitrogens with zero attached hydrogens (tertiary/aromatic N) is 4. The molecule has 31 heavy (non-hydrogen) atoms. The number of aromatic nitrogens is 3. The number of urea groups is 1. The summed E-state index contributed by atoms with van der Waals surface area (Å²) in [6.07, 6.45) is 7.21. The highest BCUT2D eigenvalue weighted by Gasteiger charge is 2.32. The average Bonchev–Trinajstić information content (AvgIpc) is 3.46. The Bertz CT molecular complexity index is 1060. The van der Waals surface area contributed by atoms with Crippen molar-refractivity contribution >= 4 is 6.03 Å². The number of methoxy groups -OCH3 is 2. The lowest BCUT2D eigenvalue weighted by Gasteiger charge is -2.27.